The fraction of sp³-hybridized carbons (Fsp3) is 0.450. The zero-order chi connectivity index (χ0) is 29.7. The van der Waals surface area contributed by atoms with E-state index in [9.17, 15) is 4.79 Å². The van der Waals surface area contributed by atoms with E-state index >= 15 is 0 Å². The van der Waals surface area contributed by atoms with Crippen LogP contribution >= 0.6 is 15.9 Å². The number of carbonyl (C=O) groups is 1. The maximum absolute atomic E-state index is 13.9. The smallest absolute Gasteiger partial charge is 0.230 e. The summed E-state index contributed by atoms with van der Waals surface area (Å²) in [5, 5.41) is 0.673. The quantitative estimate of drug-likeness (QED) is 0.830. The Morgan fingerprint density at radius 1 is 1.52 bits per heavy atom. The van der Waals surface area contributed by atoms with Gasteiger partial charge in [0.1, 0.15) is 0 Å². The van der Waals surface area contributed by atoms with Crippen molar-refractivity contribution in [1.82, 2.24) is 14.8 Å². The monoisotopic (exact) mass is 415 g/mol. The molecule has 132 valence electrons. The molecule has 0 spiro atoms. The van der Waals surface area contributed by atoms with E-state index in [0.717, 1.165) is 10.5 Å². The lowest BCUT2D eigenvalue weighted by molar-refractivity contribution is -0.134. The molecule has 0 saturated heterocycles. The van der Waals surface area contributed by atoms with Crippen LogP contribution < -0.4 is 0 Å². The number of hydrogen-bond acceptors (Lipinski definition) is 2. The minimum absolute atomic E-state index is 0.129. The van der Waals surface area contributed by atoms with Crippen LogP contribution in [0.5, 0.6) is 0 Å². The predicted octanol–water partition coefficient (Wildman–Crippen LogP) is 3.67. The molecule has 0 bridgehead atoms. The van der Waals surface area contributed by atoms with Gasteiger partial charge in [-0.05, 0) is 65.8 Å². The summed E-state index contributed by atoms with van der Waals surface area (Å²) in [4.78, 5) is 17.5. The van der Waals surface area contributed by atoms with E-state index in [1.54, 1.807) is 18.2 Å². The van der Waals surface area contributed by atoms with Crippen molar-refractivity contribution in [2.24, 2.45) is 5.92 Å². The molecule has 0 saturated carbocycles. The van der Waals surface area contributed by atoms with Crippen molar-refractivity contribution >= 4 is 38.3 Å². The SMILES string of the molecule is [2H]C1=C2c3cccc4[nH]c(Br)c(c34)C[C@H]2N(C([2H])([2H])[2H])C[C@@H]1C(=O)N(C([2H])([2H])C([2H])([2H])[2H])C([2H])([2H])C([2H])([2H])[2H]. The Balaban J connectivity index is 1.98. The van der Waals surface area contributed by atoms with Crippen LogP contribution in [0.1, 0.15) is 44.0 Å². The molecule has 2 heterocycles. The Labute approximate surface area is 176 Å². The van der Waals surface area contributed by atoms with Crippen LogP contribution in [-0.4, -0.2) is 53.2 Å². The molecule has 1 aliphatic heterocycles. The summed E-state index contributed by atoms with van der Waals surface area (Å²) in [5.41, 5.74) is 1.98. The molecule has 0 unspecified atom stereocenters. The van der Waals surface area contributed by atoms with Crippen LogP contribution in [0.15, 0.2) is 28.9 Å². The second-order valence-electron chi connectivity index (χ2n) is 6.03. The molecule has 1 aromatic carbocycles. The van der Waals surface area contributed by atoms with Crippen molar-refractivity contribution in [3.05, 3.63) is 40.0 Å². The van der Waals surface area contributed by atoms with E-state index < -0.39 is 69.0 Å². The number of benzene rings is 1. The van der Waals surface area contributed by atoms with E-state index in [-0.39, 0.29) is 12.0 Å². The first-order valence-corrected chi connectivity index (χ1v) is 8.44. The highest BCUT2D eigenvalue weighted by Gasteiger charge is 2.37. The minimum Gasteiger partial charge on any atom is -0.349 e. The first-order valence-electron chi connectivity index (χ1n) is 14.6. The van der Waals surface area contributed by atoms with Gasteiger partial charge in [-0.2, -0.15) is 0 Å². The molecule has 5 heteroatoms. The Bertz CT molecular complexity index is 1330. The molecular weight excluding hydrogens is 378 g/mol. The van der Waals surface area contributed by atoms with Gasteiger partial charge in [0.15, 0.2) is 0 Å². The number of amides is 1. The lowest BCUT2D eigenvalue weighted by Crippen LogP contribution is -2.47. The van der Waals surface area contributed by atoms with E-state index in [1.807, 2.05) is 0 Å². The number of fused-ring (bicyclic) bond motifs is 2. The van der Waals surface area contributed by atoms with Gasteiger partial charge in [-0.15, -0.1) is 0 Å². The molecule has 4 rings (SSSR count). The number of aromatic amines is 1. The summed E-state index contributed by atoms with van der Waals surface area (Å²) < 4.78 is 112. The molecule has 2 aromatic rings. The van der Waals surface area contributed by atoms with Gasteiger partial charge in [0.05, 0.1) is 11.9 Å². The second-order valence-corrected chi connectivity index (χ2v) is 6.82. The van der Waals surface area contributed by atoms with Gasteiger partial charge >= 0.3 is 0 Å². The van der Waals surface area contributed by atoms with E-state index in [0.29, 0.717) is 21.1 Å². The number of hydrogen-bond donors (Lipinski definition) is 1. The van der Waals surface area contributed by atoms with Gasteiger partial charge in [-0.1, -0.05) is 18.2 Å². The summed E-state index contributed by atoms with van der Waals surface area (Å²) >= 11 is 3.45. The molecular formula is C20H24BrN3O. The van der Waals surface area contributed by atoms with Crippen LogP contribution in [0, 0.1) is 5.92 Å². The summed E-state index contributed by atoms with van der Waals surface area (Å²) in [6.07, 6.45) is 0.129. The summed E-state index contributed by atoms with van der Waals surface area (Å²) in [5.74, 6) is -3.54. The first kappa shape index (κ1) is 7.20. The van der Waals surface area contributed by atoms with E-state index in [4.69, 9.17) is 19.2 Å². The minimum atomic E-state index is -3.82. The van der Waals surface area contributed by atoms with Crippen LogP contribution in [0.25, 0.3) is 16.5 Å². The van der Waals surface area contributed by atoms with Crippen molar-refractivity contribution < 1.29 is 24.0 Å². The Kier molecular flexibility index (Phi) is 1.81. The maximum atomic E-state index is 13.9. The lowest BCUT2D eigenvalue weighted by atomic mass is 9.79. The zero-order valence-corrected chi connectivity index (χ0v) is 14.6. The van der Waals surface area contributed by atoms with Gasteiger partial charge in [0.25, 0.3) is 0 Å². The third-order valence-corrected chi connectivity index (χ3v) is 5.40. The van der Waals surface area contributed by atoms with Gasteiger partial charge < -0.3 is 9.88 Å². The van der Waals surface area contributed by atoms with Crippen molar-refractivity contribution in [2.75, 3.05) is 26.5 Å². The number of carbonyl (C=O) groups excluding carboxylic acids is 1. The van der Waals surface area contributed by atoms with Gasteiger partial charge in [0, 0.05) is 54.3 Å². The number of nitrogens with zero attached hydrogens (tertiary/aromatic N) is 2. The van der Waals surface area contributed by atoms with Gasteiger partial charge in [0.2, 0.25) is 5.91 Å². The molecule has 2 atom stereocenters. The molecule has 25 heavy (non-hydrogen) atoms. The highest BCUT2D eigenvalue weighted by molar-refractivity contribution is 9.10. The molecule has 0 radical (unpaired) electrons. The lowest BCUT2D eigenvalue weighted by Gasteiger charge is -2.40. The van der Waals surface area contributed by atoms with E-state index in [1.165, 1.54) is 0 Å². The normalized spacial score (nSPS) is 34.0. The first-order chi connectivity index (χ1) is 17.5. The zero-order valence-electron chi connectivity index (χ0n) is 27.0. The largest absolute Gasteiger partial charge is 0.349 e. The number of aromatic nitrogens is 1. The van der Waals surface area contributed by atoms with Crippen molar-refractivity contribution in [2.45, 2.75) is 26.2 Å². The highest BCUT2D eigenvalue weighted by Crippen LogP contribution is 2.43. The average molecular weight is 416 g/mol. The molecule has 1 amide bonds. The molecule has 1 aliphatic carbocycles. The van der Waals surface area contributed by atoms with Crippen LogP contribution in [0.4, 0.5) is 0 Å². The Morgan fingerprint density at radius 2 is 2.36 bits per heavy atom. The van der Waals surface area contributed by atoms with Gasteiger partial charge in [-0.3, -0.25) is 9.69 Å². The number of likely N-dealkylation sites (N-methyl/N-ethyl adjacent to an activating group) is 1. The Hall–Kier alpha value is -1.59. The van der Waals surface area contributed by atoms with Crippen LogP contribution in [0.2, 0.25) is 0 Å². The predicted molar refractivity (Wildman–Crippen MR) is 106 cm³/mol. The third-order valence-electron chi connectivity index (χ3n) is 4.72. The molecule has 2 aliphatic rings. The van der Waals surface area contributed by atoms with Gasteiger partial charge in [-0.25, -0.2) is 0 Å². The summed E-state index contributed by atoms with van der Waals surface area (Å²) in [6.45, 7) is -18.6. The molecule has 4 nitrogen and oxygen atoms in total. The van der Waals surface area contributed by atoms with Crippen LogP contribution in [0.3, 0.4) is 0 Å². The standard InChI is InChI=1S/C20H24BrN3O/c1-4-24(5-2)20(25)12-9-14-13-7-6-8-16-18(13)15(19(21)22-16)10-17(14)23(3)11-12/h6-9,12,17,22H,4-5,10-11H2,1-3H3/t12-,17-/m1/s1/i1D3,2D3,3D3,4D2,5D2,9D. The second kappa shape index (κ2) is 6.29. The Morgan fingerprint density at radius 3 is 3.12 bits per heavy atom. The number of halogens is 1. The third kappa shape index (κ3) is 2.56. The molecule has 0 fully saturated rings. The van der Waals surface area contributed by atoms with Crippen molar-refractivity contribution in [1.29, 1.82) is 0 Å². The molecule has 1 N–H and O–H groups in total. The topological polar surface area (TPSA) is 39.3 Å². The highest BCUT2D eigenvalue weighted by atomic mass is 79.9. The average Bonchev–Trinajstić information content (AvgIpc) is 3.07. The van der Waals surface area contributed by atoms with Crippen molar-refractivity contribution in [3.63, 3.8) is 0 Å². The number of H-pyrrole nitrogens is 1. The number of nitrogens with one attached hydrogen (secondary N) is 1. The fourth-order valence-electron chi connectivity index (χ4n) is 3.61. The van der Waals surface area contributed by atoms with Crippen molar-refractivity contribution in [3.8, 4) is 0 Å². The maximum Gasteiger partial charge on any atom is 0.230 e. The van der Waals surface area contributed by atoms with E-state index in [2.05, 4.69) is 20.9 Å². The molecule has 1 aromatic heterocycles. The summed E-state index contributed by atoms with van der Waals surface area (Å²) in [7, 11) is 0. The number of rotatable bonds is 3. The summed E-state index contributed by atoms with van der Waals surface area (Å²) in [6, 6.07) is 3.67. The van der Waals surface area contributed by atoms with Crippen LogP contribution in [-0.2, 0) is 11.2 Å². The fourth-order valence-corrected chi connectivity index (χ4v) is 4.18.